The fourth-order valence-electron chi connectivity index (χ4n) is 1.78. The standard InChI is InChI=1S/C12H17F2N/c1-3-4-12(14)11(7-13)9-15-6-5-10(2)8-15/h3-4,7,10H,1,5-6,8-9H2,2H3/b11-7+,12-4+/t10-/m1/s1. The van der Waals surface area contributed by atoms with Gasteiger partial charge < -0.3 is 0 Å². The van der Waals surface area contributed by atoms with Crippen molar-refractivity contribution in [3.8, 4) is 0 Å². The first kappa shape index (κ1) is 12.1. The van der Waals surface area contributed by atoms with Crippen LogP contribution >= 0.6 is 0 Å². The van der Waals surface area contributed by atoms with E-state index in [1.807, 2.05) is 0 Å². The molecule has 1 aliphatic rings. The summed E-state index contributed by atoms with van der Waals surface area (Å²) in [6.07, 6.45) is 3.96. The van der Waals surface area contributed by atoms with Gasteiger partial charge >= 0.3 is 0 Å². The van der Waals surface area contributed by atoms with Crippen molar-refractivity contribution in [3.63, 3.8) is 0 Å². The molecule has 1 aliphatic heterocycles. The van der Waals surface area contributed by atoms with Crippen molar-refractivity contribution >= 4 is 0 Å². The number of hydrogen-bond acceptors (Lipinski definition) is 1. The van der Waals surface area contributed by atoms with E-state index in [-0.39, 0.29) is 5.57 Å². The molecule has 0 bridgehead atoms. The lowest BCUT2D eigenvalue weighted by Gasteiger charge is -2.15. The highest BCUT2D eigenvalue weighted by Gasteiger charge is 2.20. The minimum absolute atomic E-state index is 0.101. The molecule has 0 aromatic carbocycles. The Bertz CT molecular complexity index is 281. The molecule has 0 saturated carbocycles. The van der Waals surface area contributed by atoms with Crippen LogP contribution in [0.1, 0.15) is 13.3 Å². The predicted octanol–water partition coefficient (Wildman–Crippen LogP) is 3.22. The molecule has 0 aromatic heterocycles. The number of rotatable bonds is 4. The highest BCUT2D eigenvalue weighted by atomic mass is 19.1. The van der Waals surface area contributed by atoms with E-state index >= 15 is 0 Å². The van der Waals surface area contributed by atoms with E-state index in [2.05, 4.69) is 18.4 Å². The Kier molecular flexibility index (Phi) is 4.69. The van der Waals surface area contributed by atoms with E-state index < -0.39 is 5.83 Å². The highest BCUT2D eigenvalue weighted by molar-refractivity contribution is 5.27. The third-order valence-electron chi connectivity index (χ3n) is 2.60. The summed E-state index contributed by atoms with van der Waals surface area (Å²) in [7, 11) is 0. The fourth-order valence-corrected chi connectivity index (χ4v) is 1.78. The molecule has 84 valence electrons. The lowest BCUT2D eigenvalue weighted by molar-refractivity contribution is 0.350. The van der Waals surface area contributed by atoms with E-state index in [9.17, 15) is 8.78 Å². The number of hydrogen-bond donors (Lipinski definition) is 0. The monoisotopic (exact) mass is 213 g/mol. The molecule has 1 atom stereocenters. The summed E-state index contributed by atoms with van der Waals surface area (Å²) < 4.78 is 25.8. The molecule has 1 saturated heterocycles. The summed E-state index contributed by atoms with van der Waals surface area (Å²) in [4.78, 5) is 2.06. The van der Waals surface area contributed by atoms with Gasteiger partial charge in [-0.3, -0.25) is 4.90 Å². The van der Waals surface area contributed by atoms with E-state index in [0.717, 1.165) is 19.5 Å². The van der Waals surface area contributed by atoms with Gasteiger partial charge in [-0.15, -0.1) is 0 Å². The zero-order chi connectivity index (χ0) is 11.3. The maximum absolute atomic E-state index is 13.3. The Labute approximate surface area is 89.8 Å². The van der Waals surface area contributed by atoms with Gasteiger partial charge in [0.15, 0.2) is 0 Å². The molecule has 1 heterocycles. The van der Waals surface area contributed by atoms with Gasteiger partial charge in [0.2, 0.25) is 0 Å². The Hall–Kier alpha value is -0.960. The van der Waals surface area contributed by atoms with Crippen LogP contribution in [-0.2, 0) is 0 Å². The van der Waals surface area contributed by atoms with Gasteiger partial charge in [0, 0.05) is 18.7 Å². The van der Waals surface area contributed by atoms with Gasteiger partial charge in [-0.25, -0.2) is 8.78 Å². The molecular formula is C12H17F2N. The van der Waals surface area contributed by atoms with Gasteiger partial charge in [-0.05, 0) is 25.0 Å². The Morgan fingerprint density at radius 3 is 2.80 bits per heavy atom. The molecule has 0 radical (unpaired) electrons. The SMILES string of the molecule is C=C/C=C(F)\C(=C\F)CN1CC[C@@H](C)C1. The Morgan fingerprint density at radius 2 is 2.33 bits per heavy atom. The lowest BCUT2D eigenvalue weighted by Crippen LogP contribution is -2.23. The van der Waals surface area contributed by atoms with Crippen molar-refractivity contribution in [1.29, 1.82) is 0 Å². The quantitative estimate of drug-likeness (QED) is 0.648. The fraction of sp³-hybridized carbons (Fsp3) is 0.500. The van der Waals surface area contributed by atoms with E-state index in [0.29, 0.717) is 18.8 Å². The second kappa shape index (κ2) is 5.81. The van der Waals surface area contributed by atoms with E-state index in [4.69, 9.17) is 0 Å². The molecule has 0 unspecified atom stereocenters. The average molecular weight is 213 g/mol. The van der Waals surface area contributed by atoms with Crippen LogP contribution in [0, 0.1) is 5.92 Å². The van der Waals surface area contributed by atoms with Crippen LogP contribution < -0.4 is 0 Å². The zero-order valence-corrected chi connectivity index (χ0v) is 9.05. The maximum Gasteiger partial charge on any atom is 0.129 e. The third kappa shape index (κ3) is 3.59. The normalized spacial score (nSPS) is 24.6. The van der Waals surface area contributed by atoms with Crippen LogP contribution in [0.5, 0.6) is 0 Å². The van der Waals surface area contributed by atoms with E-state index in [1.165, 1.54) is 12.2 Å². The summed E-state index contributed by atoms with van der Waals surface area (Å²) in [6.45, 7) is 7.71. The first-order chi connectivity index (χ1) is 7.17. The molecule has 15 heavy (non-hydrogen) atoms. The topological polar surface area (TPSA) is 3.24 Å². The molecule has 0 aromatic rings. The second-order valence-corrected chi connectivity index (χ2v) is 4.01. The van der Waals surface area contributed by atoms with Gasteiger partial charge in [0.25, 0.3) is 0 Å². The lowest BCUT2D eigenvalue weighted by atomic mass is 10.2. The minimum atomic E-state index is -0.535. The Morgan fingerprint density at radius 1 is 1.60 bits per heavy atom. The molecule has 1 fully saturated rings. The van der Waals surface area contributed by atoms with Crippen LogP contribution in [0.15, 0.2) is 36.5 Å². The number of allylic oxidation sites excluding steroid dienone is 2. The predicted molar refractivity (Wildman–Crippen MR) is 58.8 cm³/mol. The largest absolute Gasteiger partial charge is 0.299 e. The van der Waals surface area contributed by atoms with Gasteiger partial charge in [0.1, 0.15) is 5.83 Å². The summed E-state index contributed by atoms with van der Waals surface area (Å²) >= 11 is 0. The molecular weight excluding hydrogens is 196 g/mol. The van der Waals surface area contributed by atoms with Gasteiger partial charge in [0.05, 0.1) is 6.33 Å². The van der Waals surface area contributed by atoms with E-state index in [1.54, 1.807) is 0 Å². The van der Waals surface area contributed by atoms with Crippen molar-refractivity contribution in [3.05, 3.63) is 36.5 Å². The number of nitrogens with zero attached hydrogens (tertiary/aromatic N) is 1. The Balaban J connectivity index is 2.55. The summed E-state index contributed by atoms with van der Waals surface area (Å²) in [5.74, 6) is 0.0874. The first-order valence-corrected chi connectivity index (χ1v) is 5.17. The second-order valence-electron chi connectivity index (χ2n) is 4.01. The molecule has 3 heteroatoms. The van der Waals surface area contributed by atoms with Crippen molar-refractivity contribution < 1.29 is 8.78 Å². The van der Waals surface area contributed by atoms with Crippen LogP contribution in [0.25, 0.3) is 0 Å². The summed E-state index contributed by atoms with van der Waals surface area (Å²) in [6, 6.07) is 0. The van der Waals surface area contributed by atoms with Crippen LogP contribution in [0.3, 0.4) is 0 Å². The molecule has 0 N–H and O–H groups in total. The molecule has 1 rings (SSSR count). The van der Waals surface area contributed by atoms with Crippen LogP contribution in [-0.4, -0.2) is 24.5 Å². The average Bonchev–Trinajstić information content (AvgIpc) is 2.61. The summed E-state index contributed by atoms with van der Waals surface area (Å²) in [5.41, 5.74) is 0.101. The summed E-state index contributed by atoms with van der Waals surface area (Å²) in [5, 5.41) is 0. The first-order valence-electron chi connectivity index (χ1n) is 5.17. The van der Waals surface area contributed by atoms with Gasteiger partial charge in [-0.2, -0.15) is 0 Å². The van der Waals surface area contributed by atoms with Crippen molar-refractivity contribution in [2.75, 3.05) is 19.6 Å². The van der Waals surface area contributed by atoms with Gasteiger partial charge in [-0.1, -0.05) is 19.6 Å². The van der Waals surface area contributed by atoms with Crippen LogP contribution in [0.4, 0.5) is 8.78 Å². The smallest absolute Gasteiger partial charge is 0.129 e. The molecule has 1 nitrogen and oxygen atoms in total. The molecule has 0 spiro atoms. The minimum Gasteiger partial charge on any atom is -0.299 e. The molecule has 0 aliphatic carbocycles. The zero-order valence-electron chi connectivity index (χ0n) is 9.05. The van der Waals surface area contributed by atoms with Crippen LogP contribution in [0.2, 0.25) is 0 Å². The third-order valence-corrected chi connectivity index (χ3v) is 2.60. The van der Waals surface area contributed by atoms with Crippen molar-refractivity contribution in [2.45, 2.75) is 13.3 Å². The number of likely N-dealkylation sites (tertiary alicyclic amines) is 1. The molecule has 0 amide bonds. The number of halogens is 2. The van der Waals surface area contributed by atoms with Crippen molar-refractivity contribution in [2.24, 2.45) is 5.92 Å². The van der Waals surface area contributed by atoms with Crippen molar-refractivity contribution in [1.82, 2.24) is 4.90 Å². The maximum atomic E-state index is 13.3. The highest BCUT2D eigenvalue weighted by Crippen LogP contribution is 2.20.